The average molecular weight is 490 g/mol. The molecule has 192 valence electrons. The molecule has 2 heterocycles. The van der Waals surface area contributed by atoms with Crippen LogP contribution < -0.4 is 4.90 Å². The first kappa shape index (κ1) is 24.1. The summed E-state index contributed by atoms with van der Waals surface area (Å²) in [5.74, 6) is 1.98. The van der Waals surface area contributed by atoms with Gasteiger partial charge in [0.05, 0.1) is 6.54 Å². The zero-order valence-electron chi connectivity index (χ0n) is 21.7. The van der Waals surface area contributed by atoms with Crippen molar-refractivity contribution in [2.75, 3.05) is 37.6 Å². The SMILES string of the molecule is C[C@]12CCC(=O)C=C1CC[C@@H]1C2=CC[C@@]2(C)[C@H]1CC[C@]2(O)C(=O)CN1CCN(c2ccccn2)CC1. The fourth-order valence-electron chi connectivity index (χ4n) is 8.34. The second kappa shape index (κ2) is 8.63. The highest BCUT2D eigenvalue weighted by molar-refractivity contribution is 5.92. The number of aliphatic hydroxyl groups is 1. The predicted molar refractivity (Wildman–Crippen MR) is 140 cm³/mol. The highest BCUT2D eigenvalue weighted by atomic mass is 16.3. The Morgan fingerprint density at radius 1 is 1.11 bits per heavy atom. The molecule has 0 radical (unpaired) electrons. The third-order valence-corrected chi connectivity index (χ3v) is 10.7. The third kappa shape index (κ3) is 3.55. The molecule has 1 saturated heterocycles. The Morgan fingerprint density at radius 3 is 2.67 bits per heavy atom. The maximum Gasteiger partial charge on any atom is 0.178 e. The normalized spacial score (nSPS) is 38.5. The van der Waals surface area contributed by atoms with Crippen molar-refractivity contribution in [2.24, 2.45) is 22.7 Å². The summed E-state index contributed by atoms with van der Waals surface area (Å²) in [5.41, 5.74) is 1.08. The molecule has 0 unspecified atom stereocenters. The van der Waals surface area contributed by atoms with Crippen molar-refractivity contribution in [3.8, 4) is 0 Å². The lowest BCUT2D eigenvalue weighted by molar-refractivity contribution is -0.154. The van der Waals surface area contributed by atoms with Crippen LogP contribution in [0.25, 0.3) is 0 Å². The number of rotatable bonds is 4. The lowest BCUT2D eigenvalue weighted by Crippen LogP contribution is -2.58. The van der Waals surface area contributed by atoms with E-state index in [1.165, 1.54) is 11.1 Å². The fourth-order valence-corrected chi connectivity index (χ4v) is 8.34. The minimum absolute atomic E-state index is 0.00139. The van der Waals surface area contributed by atoms with E-state index in [0.717, 1.165) is 64.1 Å². The van der Waals surface area contributed by atoms with E-state index in [9.17, 15) is 14.7 Å². The molecule has 2 saturated carbocycles. The van der Waals surface area contributed by atoms with Crippen molar-refractivity contribution in [1.29, 1.82) is 0 Å². The molecule has 3 fully saturated rings. The van der Waals surface area contributed by atoms with E-state index in [0.29, 0.717) is 31.2 Å². The van der Waals surface area contributed by atoms with Gasteiger partial charge in [-0.2, -0.15) is 0 Å². The van der Waals surface area contributed by atoms with Gasteiger partial charge in [-0.15, -0.1) is 0 Å². The van der Waals surface area contributed by atoms with E-state index in [1.807, 2.05) is 30.5 Å². The number of carbonyl (C=O) groups excluding carboxylic acids is 2. The quantitative estimate of drug-likeness (QED) is 0.646. The van der Waals surface area contributed by atoms with E-state index in [1.54, 1.807) is 0 Å². The van der Waals surface area contributed by atoms with Gasteiger partial charge >= 0.3 is 0 Å². The van der Waals surface area contributed by atoms with Crippen molar-refractivity contribution in [1.82, 2.24) is 9.88 Å². The van der Waals surface area contributed by atoms with E-state index in [4.69, 9.17) is 0 Å². The number of piperazine rings is 1. The second-order valence-electron chi connectivity index (χ2n) is 12.3. The summed E-state index contributed by atoms with van der Waals surface area (Å²) in [6, 6.07) is 5.97. The van der Waals surface area contributed by atoms with E-state index in [-0.39, 0.29) is 17.0 Å². The van der Waals surface area contributed by atoms with Crippen molar-refractivity contribution in [2.45, 2.75) is 64.4 Å². The minimum atomic E-state index is -1.27. The molecule has 0 aromatic carbocycles. The van der Waals surface area contributed by atoms with Crippen LogP contribution >= 0.6 is 0 Å². The Kier molecular flexibility index (Phi) is 5.76. The highest BCUT2D eigenvalue weighted by Crippen LogP contribution is 2.65. The van der Waals surface area contributed by atoms with Crippen LogP contribution in [-0.4, -0.2) is 64.9 Å². The Labute approximate surface area is 214 Å². The maximum absolute atomic E-state index is 13.7. The summed E-state index contributed by atoms with van der Waals surface area (Å²) in [6.45, 7) is 8.11. The number of carbonyl (C=O) groups is 2. The van der Waals surface area contributed by atoms with Crippen LogP contribution in [0, 0.1) is 22.7 Å². The molecule has 0 spiro atoms. The maximum atomic E-state index is 13.7. The number of hydrogen-bond acceptors (Lipinski definition) is 6. The Balaban J connectivity index is 1.17. The number of ketones is 2. The van der Waals surface area contributed by atoms with Gasteiger partial charge in [-0.05, 0) is 68.6 Å². The first-order valence-corrected chi connectivity index (χ1v) is 13.8. The molecule has 1 aromatic heterocycles. The van der Waals surface area contributed by atoms with Crippen molar-refractivity contribution < 1.29 is 14.7 Å². The lowest BCUT2D eigenvalue weighted by atomic mass is 9.50. The molecule has 1 aromatic rings. The van der Waals surface area contributed by atoms with E-state index < -0.39 is 11.0 Å². The standard InChI is InChI=1S/C30H39N3O3/c1-28-11-8-22(34)19-21(28)6-7-23-24(28)9-12-29(2)25(23)10-13-30(29,36)26(35)20-32-15-17-33(18-16-32)27-5-3-4-14-31-27/h3-5,9,14,19,23,25,36H,6-8,10-13,15-18,20H2,1-2H3/t23-,25+,28+,29+,30+/m1/s1. The van der Waals surface area contributed by atoms with Gasteiger partial charge in [-0.3, -0.25) is 14.5 Å². The number of nitrogens with zero attached hydrogens (tertiary/aromatic N) is 3. The monoisotopic (exact) mass is 489 g/mol. The minimum Gasteiger partial charge on any atom is -0.381 e. The fraction of sp³-hybridized carbons (Fsp3) is 0.633. The van der Waals surface area contributed by atoms with Crippen LogP contribution in [0.15, 0.2) is 47.7 Å². The van der Waals surface area contributed by atoms with Crippen LogP contribution in [0.2, 0.25) is 0 Å². The van der Waals surface area contributed by atoms with Gasteiger partial charge in [0.25, 0.3) is 0 Å². The largest absolute Gasteiger partial charge is 0.381 e. The van der Waals surface area contributed by atoms with Crippen molar-refractivity contribution >= 4 is 17.4 Å². The first-order chi connectivity index (χ1) is 17.2. The summed E-state index contributed by atoms with van der Waals surface area (Å²) in [5, 5.41) is 12.0. The lowest BCUT2D eigenvalue weighted by Gasteiger charge is -2.54. The highest BCUT2D eigenvalue weighted by Gasteiger charge is 2.64. The average Bonchev–Trinajstić information content (AvgIpc) is 3.17. The van der Waals surface area contributed by atoms with Crippen molar-refractivity contribution in [3.05, 3.63) is 47.7 Å². The van der Waals surface area contributed by atoms with Crippen LogP contribution in [0.1, 0.15) is 58.8 Å². The molecule has 0 bridgehead atoms. The smallest absolute Gasteiger partial charge is 0.178 e. The van der Waals surface area contributed by atoms with Gasteiger partial charge in [0.2, 0.25) is 0 Å². The molecule has 6 heteroatoms. The zero-order valence-corrected chi connectivity index (χ0v) is 21.7. The molecule has 36 heavy (non-hydrogen) atoms. The number of Topliss-reactive ketones (excluding diaryl/α,β-unsaturated/α-hetero) is 1. The molecular weight excluding hydrogens is 450 g/mol. The predicted octanol–water partition coefficient (Wildman–Crippen LogP) is 3.96. The Bertz CT molecular complexity index is 1120. The molecule has 4 aliphatic carbocycles. The molecule has 6 rings (SSSR count). The van der Waals surface area contributed by atoms with Crippen LogP contribution in [0.3, 0.4) is 0 Å². The van der Waals surface area contributed by atoms with Gasteiger partial charge in [0.1, 0.15) is 11.4 Å². The molecule has 1 aliphatic heterocycles. The van der Waals surface area contributed by atoms with Gasteiger partial charge in [-0.25, -0.2) is 4.98 Å². The van der Waals surface area contributed by atoms with Gasteiger partial charge in [-0.1, -0.05) is 37.1 Å². The molecular formula is C30H39N3O3. The van der Waals surface area contributed by atoms with Crippen LogP contribution in [-0.2, 0) is 9.59 Å². The molecule has 6 nitrogen and oxygen atoms in total. The molecule has 5 aliphatic rings. The molecule has 1 N–H and O–H groups in total. The number of hydrogen-bond donors (Lipinski definition) is 1. The van der Waals surface area contributed by atoms with Gasteiger partial charge in [0.15, 0.2) is 11.6 Å². The third-order valence-electron chi connectivity index (χ3n) is 10.7. The number of anilines is 1. The first-order valence-electron chi connectivity index (χ1n) is 13.8. The van der Waals surface area contributed by atoms with E-state index in [2.05, 4.69) is 34.7 Å². The Morgan fingerprint density at radius 2 is 1.92 bits per heavy atom. The summed E-state index contributed by atoms with van der Waals surface area (Å²) in [7, 11) is 0. The van der Waals surface area contributed by atoms with E-state index >= 15 is 0 Å². The zero-order chi connectivity index (χ0) is 25.1. The Hall–Kier alpha value is -2.31. The molecule has 0 amide bonds. The van der Waals surface area contributed by atoms with Gasteiger partial charge < -0.3 is 10.0 Å². The summed E-state index contributed by atoms with van der Waals surface area (Å²) in [6.07, 6.45) is 11.8. The molecule has 5 atom stereocenters. The number of pyridine rings is 1. The summed E-state index contributed by atoms with van der Waals surface area (Å²) >= 11 is 0. The second-order valence-corrected chi connectivity index (χ2v) is 12.3. The van der Waals surface area contributed by atoms with Crippen LogP contribution in [0.4, 0.5) is 5.82 Å². The topological polar surface area (TPSA) is 73.7 Å². The van der Waals surface area contributed by atoms with Gasteiger partial charge in [0, 0.05) is 49.6 Å². The number of allylic oxidation sites excluding steroid dienone is 4. The summed E-state index contributed by atoms with van der Waals surface area (Å²) in [4.78, 5) is 34.8. The number of aromatic nitrogens is 1. The van der Waals surface area contributed by atoms with Crippen molar-refractivity contribution in [3.63, 3.8) is 0 Å². The van der Waals surface area contributed by atoms with Crippen LogP contribution in [0.5, 0.6) is 0 Å². The number of fused-ring (bicyclic) bond motifs is 5. The summed E-state index contributed by atoms with van der Waals surface area (Å²) < 4.78 is 0.